The Balaban J connectivity index is 1.83. The van der Waals surface area contributed by atoms with Crippen LogP contribution in [0.1, 0.15) is 13.8 Å². The van der Waals surface area contributed by atoms with E-state index in [2.05, 4.69) is 33.6 Å². The standard InChI is InChI=1S/C14H23N5O/c1-3-17(4-2)12-13(20)18-8-10-19(11-9-18)14-15-6-5-7-16-14/h5-7H,3-4,8-12H2,1-2H3. The Labute approximate surface area is 120 Å². The van der Waals surface area contributed by atoms with Crippen molar-refractivity contribution in [3.05, 3.63) is 18.5 Å². The summed E-state index contributed by atoms with van der Waals surface area (Å²) in [7, 11) is 0. The molecule has 1 fully saturated rings. The molecule has 2 heterocycles. The molecule has 0 unspecified atom stereocenters. The van der Waals surface area contributed by atoms with Gasteiger partial charge in [-0.3, -0.25) is 9.69 Å². The van der Waals surface area contributed by atoms with Crippen LogP contribution in [-0.4, -0.2) is 71.5 Å². The van der Waals surface area contributed by atoms with Gasteiger partial charge in [0.25, 0.3) is 0 Å². The maximum atomic E-state index is 12.2. The average molecular weight is 277 g/mol. The van der Waals surface area contributed by atoms with Crippen LogP contribution in [0.25, 0.3) is 0 Å². The Bertz CT molecular complexity index is 413. The highest BCUT2D eigenvalue weighted by Gasteiger charge is 2.23. The maximum absolute atomic E-state index is 12.2. The molecule has 0 bridgehead atoms. The lowest BCUT2D eigenvalue weighted by Gasteiger charge is -2.35. The monoisotopic (exact) mass is 277 g/mol. The molecule has 6 heteroatoms. The molecular formula is C14H23N5O. The number of rotatable bonds is 5. The first-order valence-corrected chi connectivity index (χ1v) is 7.26. The molecular weight excluding hydrogens is 254 g/mol. The Morgan fingerprint density at radius 1 is 1.15 bits per heavy atom. The number of likely N-dealkylation sites (N-methyl/N-ethyl adjacent to an activating group) is 1. The van der Waals surface area contributed by atoms with Crippen molar-refractivity contribution < 1.29 is 4.79 Å². The van der Waals surface area contributed by atoms with E-state index in [1.54, 1.807) is 12.4 Å². The van der Waals surface area contributed by atoms with Crippen LogP contribution in [0.5, 0.6) is 0 Å². The van der Waals surface area contributed by atoms with Crippen molar-refractivity contribution in [1.29, 1.82) is 0 Å². The molecule has 110 valence electrons. The van der Waals surface area contributed by atoms with E-state index in [0.717, 1.165) is 45.2 Å². The van der Waals surface area contributed by atoms with E-state index in [9.17, 15) is 4.79 Å². The zero-order valence-corrected chi connectivity index (χ0v) is 12.3. The first-order valence-electron chi connectivity index (χ1n) is 7.26. The minimum absolute atomic E-state index is 0.224. The third-order valence-corrected chi connectivity index (χ3v) is 3.72. The highest BCUT2D eigenvalue weighted by Crippen LogP contribution is 2.10. The smallest absolute Gasteiger partial charge is 0.236 e. The molecule has 2 rings (SSSR count). The Morgan fingerprint density at radius 3 is 2.30 bits per heavy atom. The summed E-state index contributed by atoms with van der Waals surface area (Å²) < 4.78 is 0. The van der Waals surface area contributed by atoms with Crippen molar-refractivity contribution in [2.24, 2.45) is 0 Å². The SMILES string of the molecule is CCN(CC)CC(=O)N1CCN(c2ncccn2)CC1. The van der Waals surface area contributed by atoms with Crippen molar-refractivity contribution >= 4 is 11.9 Å². The van der Waals surface area contributed by atoms with Crippen molar-refractivity contribution in [1.82, 2.24) is 19.8 Å². The van der Waals surface area contributed by atoms with Crippen LogP contribution in [0.2, 0.25) is 0 Å². The van der Waals surface area contributed by atoms with Gasteiger partial charge in [-0.05, 0) is 19.2 Å². The van der Waals surface area contributed by atoms with Crippen LogP contribution in [-0.2, 0) is 4.79 Å². The summed E-state index contributed by atoms with van der Waals surface area (Å²) in [5.41, 5.74) is 0. The molecule has 1 amide bonds. The van der Waals surface area contributed by atoms with E-state index in [-0.39, 0.29) is 5.91 Å². The molecule has 0 saturated carbocycles. The fourth-order valence-corrected chi connectivity index (χ4v) is 2.35. The first-order chi connectivity index (χ1) is 9.74. The molecule has 0 spiro atoms. The number of piperazine rings is 1. The Kier molecular flexibility index (Phi) is 5.29. The van der Waals surface area contributed by atoms with E-state index in [0.29, 0.717) is 6.54 Å². The van der Waals surface area contributed by atoms with E-state index >= 15 is 0 Å². The predicted molar refractivity (Wildman–Crippen MR) is 78.6 cm³/mol. The Hall–Kier alpha value is -1.69. The quantitative estimate of drug-likeness (QED) is 0.783. The van der Waals surface area contributed by atoms with Crippen LogP contribution < -0.4 is 4.90 Å². The number of amides is 1. The molecule has 0 aromatic carbocycles. The summed E-state index contributed by atoms with van der Waals surface area (Å²) in [6, 6.07) is 1.81. The third kappa shape index (κ3) is 3.66. The van der Waals surface area contributed by atoms with E-state index < -0.39 is 0 Å². The van der Waals surface area contributed by atoms with Crippen LogP contribution >= 0.6 is 0 Å². The summed E-state index contributed by atoms with van der Waals surface area (Å²) in [6.45, 7) is 9.62. The lowest BCUT2D eigenvalue weighted by molar-refractivity contribution is -0.132. The van der Waals surface area contributed by atoms with Crippen LogP contribution in [0, 0.1) is 0 Å². The van der Waals surface area contributed by atoms with Gasteiger partial charge in [0.2, 0.25) is 11.9 Å². The van der Waals surface area contributed by atoms with Gasteiger partial charge < -0.3 is 9.80 Å². The number of nitrogens with zero attached hydrogens (tertiary/aromatic N) is 5. The number of hydrogen-bond donors (Lipinski definition) is 0. The molecule has 1 aromatic rings. The van der Waals surface area contributed by atoms with Gasteiger partial charge in [0.1, 0.15) is 0 Å². The first kappa shape index (κ1) is 14.7. The second-order valence-corrected chi connectivity index (χ2v) is 4.88. The molecule has 0 atom stereocenters. The highest BCUT2D eigenvalue weighted by atomic mass is 16.2. The molecule has 0 aliphatic carbocycles. The lowest BCUT2D eigenvalue weighted by Crippen LogP contribution is -2.51. The van der Waals surface area contributed by atoms with Gasteiger partial charge in [-0.25, -0.2) is 9.97 Å². The second kappa shape index (κ2) is 7.19. The predicted octanol–water partition coefficient (Wildman–Crippen LogP) is 0.467. The number of hydrogen-bond acceptors (Lipinski definition) is 5. The molecule has 1 saturated heterocycles. The van der Waals surface area contributed by atoms with E-state index in [4.69, 9.17) is 0 Å². The van der Waals surface area contributed by atoms with Gasteiger partial charge in [0.15, 0.2) is 0 Å². The van der Waals surface area contributed by atoms with Crippen molar-refractivity contribution in [2.75, 3.05) is 50.7 Å². The number of aromatic nitrogens is 2. The topological polar surface area (TPSA) is 52.6 Å². The minimum Gasteiger partial charge on any atom is -0.338 e. The molecule has 20 heavy (non-hydrogen) atoms. The summed E-state index contributed by atoms with van der Waals surface area (Å²) in [4.78, 5) is 26.9. The van der Waals surface area contributed by atoms with Gasteiger partial charge in [-0.2, -0.15) is 0 Å². The number of anilines is 1. The van der Waals surface area contributed by atoms with Crippen molar-refractivity contribution in [3.8, 4) is 0 Å². The van der Waals surface area contributed by atoms with Gasteiger partial charge in [0, 0.05) is 38.6 Å². The summed E-state index contributed by atoms with van der Waals surface area (Å²) in [5.74, 6) is 0.977. The van der Waals surface area contributed by atoms with Gasteiger partial charge in [-0.1, -0.05) is 13.8 Å². The average Bonchev–Trinajstić information content (AvgIpc) is 2.53. The van der Waals surface area contributed by atoms with Gasteiger partial charge >= 0.3 is 0 Å². The largest absolute Gasteiger partial charge is 0.338 e. The maximum Gasteiger partial charge on any atom is 0.236 e. The van der Waals surface area contributed by atoms with Crippen molar-refractivity contribution in [3.63, 3.8) is 0 Å². The van der Waals surface area contributed by atoms with Gasteiger partial charge in [0.05, 0.1) is 6.54 Å². The van der Waals surface area contributed by atoms with Crippen LogP contribution in [0.3, 0.4) is 0 Å². The summed E-state index contributed by atoms with van der Waals surface area (Å²) in [5, 5.41) is 0. The minimum atomic E-state index is 0.224. The molecule has 1 aliphatic rings. The molecule has 6 nitrogen and oxygen atoms in total. The van der Waals surface area contributed by atoms with Crippen LogP contribution in [0.15, 0.2) is 18.5 Å². The highest BCUT2D eigenvalue weighted by molar-refractivity contribution is 5.78. The zero-order valence-electron chi connectivity index (χ0n) is 12.3. The molecule has 1 aliphatic heterocycles. The van der Waals surface area contributed by atoms with Crippen molar-refractivity contribution in [2.45, 2.75) is 13.8 Å². The number of carbonyl (C=O) groups excluding carboxylic acids is 1. The van der Waals surface area contributed by atoms with E-state index in [1.165, 1.54) is 0 Å². The molecule has 0 radical (unpaired) electrons. The second-order valence-electron chi connectivity index (χ2n) is 4.88. The van der Waals surface area contributed by atoms with E-state index in [1.807, 2.05) is 11.0 Å². The fourth-order valence-electron chi connectivity index (χ4n) is 2.35. The normalized spacial score (nSPS) is 15.8. The summed E-state index contributed by atoms with van der Waals surface area (Å²) >= 11 is 0. The summed E-state index contributed by atoms with van der Waals surface area (Å²) in [6.07, 6.45) is 3.50. The number of carbonyl (C=O) groups is 1. The third-order valence-electron chi connectivity index (χ3n) is 3.72. The zero-order chi connectivity index (χ0) is 14.4. The fraction of sp³-hybridized carbons (Fsp3) is 0.643. The van der Waals surface area contributed by atoms with Gasteiger partial charge in [-0.15, -0.1) is 0 Å². The lowest BCUT2D eigenvalue weighted by atomic mass is 10.3. The molecule has 0 N–H and O–H groups in total. The molecule has 1 aromatic heterocycles. The Morgan fingerprint density at radius 2 is 1.75 bits per heavy atom. The van der Waals surface area contributed by atoms with Crippen LogP contribution in [0.4, 0.5) is 5.95 Å².